The fraction of sp³-hybridized carbons (Fsp3) is 0.333. The largest absolute Gasteiger partial charge is 0.274 e. The lowest BCUT2D eigenvalue weighted by atomic mass is 9.61. The summed E-state index contributed by atoms with van der Waals surface area (Å²) in [5.74, 6) is 0. The molecule has 136 valence electrons. The van der Waals surface area contributed by atoms with Gasteiger partial charge in [0.2, 0.25) is 0 Å². The highest BCUT2D eigenvalue weighted by atomic mass is 15.3. The molecule has 4 aromatic rings. The van der Waals surface area contributed by atoms with Crippen LogP contribution in [0.3, 0.4) is 0 Å². The molecule has 3 heterocycles. The molecule has 1 aliphatic rings. The van der Waals surface area contributed by atoms with Crippen molar-refractivity contribution in [3.05, 3.63) is 66.6 Å². The third-order valence-corrected chi connectivity index (χ3v) is 7.38. The molecule has 2 unspecified atom stereocenters. The maximum atomic E-state index is 4.70. The van der Waals surface area contributed by atoms with E-state index < -0.39 is 0 Å². The molecular formula is C24H26N3+. The van der Waals surface area contributed by atoms with Crippen LogP contribution in [0.1, 0.15) is 46.1 Å². The Labute approximate surface area is 160 Å². The minimum atomic E-state index is -0.000946. The summed E-state index contributed by atoms with van der Waals surface area (Å²) in [6.07, 6.45) is 6.30. The predicted octanol–water partition coefficient (Wildman–Crippen LogP) is 5.25. The molecule has 0 fully saturated rings. The van der Waals surface area contributed by atoms with E-state index in [1.807, 2.05) is 10.8 Å². The summed E-state index contributed by atoms with van der Waals surface area (Å²) in [6.45, 7) is 9.44. The fourth-order valence-electron chi connectivity index (χ4n) is 5.23. The number of rotatable bonds is 3. The lowest BCUT2D eigenvalue weighted by molar-refractivity contribution is -0.751. The van der Waals surface area contributed by atoms with Crippen LogP contribution in [-0.4, -0.2) is 9.61 Å². The first kappa shape index (κ1) is 16.5. The smallest absolute Gasteiger partial charge is 0.224 e. The maximum absolute atomic E-state index is 4.70. The second-order valence-electron chi connectivity index (χ2n) is 8.21. The van der Waals surface area contributed by atoms with Crippen molar-refractivity contribution in [2.75, 3.05) is 0 Å². The van der Waals surface area contributed by atoms with Gasteiger partial charge in [0.15, 0.2) is 0 Å². The average Bonchev–Trinajstić information content (AvgIpc) is 3.17. The van der Waals surface area contributed by atoms with E-state index >= 15 is 0 Å². The van der Waals surface area contributed by atoms with Crippen molar-refractivity contribution in [3.63, 3.8) is 0 Å². The molecule has 0 saturated heterocycles. The van der Waals surface area contributed by atoms with Crippen LogP contribution in [0.2, 0.25) is 0 Å². The van der Waals surface area contributed by atoms with Crippen molar-refractivity contribution in [1.29, 1.82) is 0 Å². The molecule has 3 nitrogen and oxygen atoms in total. The van der Waals surface area contributed by atoms with Crippen LogP contribution in [0, 0.1) is 0 Å². The lowest BCUT2D eigenvalue weighted by Crippen LogP contribution is -2.65. The van der Waals surface area contributed by atoms with Gasteiger partial charge < -0.3 is 0 Å². The van der Waals surface area contributed by atoms with Gasteiger partial charge in [0.05, 0.1) is 10.9 Å². The number of aromatic nitrogens is 3. The molecule has 27 heavy (non-hydrogen) atoms. The first-order chi connectivity index (χ1) is 13.0. The lowest BCUT2D eigenvalue weighted by Gasteiger charge is -2.47. The van der Waals surface area contributed by atoms with Crippen molar-refractivity contribution < 1.29 is 4.57 Å². The van der Waals surface area contributed by atoms with Crippen molar-refractivity contribution in [2.45, 2.75) is 51.5 Å². The topological polar surface area (TPSA) is 21.2 Å². The zero-order valence-electron chi connectivity index (χ0n) is 16.5. The minimum Gasteiger partial charge on any atom is -0.224 e. The van der Waals surface area contributed by atoms with Crippen molar-refractivity contribution in [2.24, 2.45) is 0 Å². The van der Waals surface area contributed by atoms with Crippen molar-refractivity contribution in [1.82, 2.24) is 9.61 Å². The monoisotopic (exact) mass is 356 g/mol. The van der Waals surface area contributed by atoms with E-state index in [2.05, 4.69) is 87.0 Å². The molecule has 0 spiro atoms. The zero-order valence-corrected chi connectivity index (χ0v) is 16.5. The Morgan fingerprint density at radius 2 is 1.74 bits per heavy atom. The van der Waals surface area contributed by atoms with E-state index in [0.29, 0.717) is 0 Å². The Morgan fingerprint density at radius 3 is 2.44 bits per heavy atom. The van der Waals surface area contributed by atoms with Crippen molar-refractivity contribution in [3.8, 4) is 11.1 Å². The van der Waals surface area contributed by atoms with Gasteiger partial charge in [0.1, 0.15) is 6.20 Å². The fourth-order valence-corrected chi connectivity index (χ4v) is 5.23. The molecule has 5 rings (SSSR count). The van der Waals surface area contributed by atoms with Gasteiger partial charge in [-0.25, -0.2) is 4.57 Å². The van der Waals surface area contributed by atoms with Crippen LogP contribution < -0.4 is 4.57 Å². The second kappa shape index (κ2) is 5.41. The number of pyridine rings is 1. The first-order valence-electron chi connectivity index (χ1n) is 9.96. The molecule has 2 atom stereocenters. The summed E-state index contributed by atoms with van der Waals surface area (Å²) in [5.41, 5.74) is 5.28. The Bertz CT molecular complexity index is 1170. The molecule has 3 heteroatoms. The summed E-state index contributed by atoms with van der Waals surface area (Å²) in [5, 5.41) is 7.37. The number of nitrogens with zero attached hydrogens (tertiary/aromatic N) is 3. The van der Waals surface area contributed by atoms with E-state index in [4.69, 9.17) is 5.10 Å². The van der Waals surface area contributed by atoms with Crippen molar-refractivity contribution >= 4 is 16.4 Å². The molecule has 0 N–H and O–H groups in total. The van der Waals surface area contributed by atoms with Crippen LogP contribution in [0.25, 0.3) is 27.5 Å². The standard InChI is InChI=1S/C24H26N3/c1-5-23(3)20-13-12-18(17-10-8-7-9-11-17)19-14-15-27-22(21(19)20)26(16-25-27)24(23,4)6-2/h7-16H,5-6H2,1-4H3/q+1. The van der Waals surface area contributed by atoms with Crippen LogP contribution in [0.15, 0.2) is 61.1 Å². The molecule has 0 aliphatic carbocycles. The third kappa shape index (κ3) is 1.87. The molecule has 2 aromatic carbocycles. The maximum Gasteiger partial charge on any atom is 0.274 e. The van der Waals surface area contributed by atoms with Gasteiger partial charge in [-0.3, -0.25) is 0 Å². The molecule has 0 saturated carbocycles. The Morgan fingerprint density at radius 1 is 0.963 bits per heavy atom. The van der Waals surface area contributed by atoms with Gasteiger partial charge >= 0.3 is 0 Å². The molecule has 0 radical (unpaired) electrons. The van der Waals surface area contributed by atoms with Gasteiger partial charge in [-0.2, -0.15) is 0 Å². The van der Waals surface area contributed by atoms with E-state index in [1.165, 1.54) is 33.1 Å². The Balaban J connectivity index is 1.99. The van der Waals surface area contributed by atoms with Gasteiger partial charge in [-0.15, -0.1) is 0 Å². The van der Waals surface area contributed by atoms with Gasteiger partial charge in [0, 0.05) is 10.5 Å². The summed E-state index contributed by atoms with van der Waals surface area (Å²) >= 11 is 0. The highest BCUT2D eigenvalue weighted by molar-refractivity contribution is 6.05. The Hall–Kier alpha value is -2.68. The van der Waals surface area contributed by atoms with E-state index in [1.54, 1.807) is 0 Å². The summed E-state index contributed by atoms with van der Waals surface area (Å²) in [7, 11) is 0. The quantitative estimate of drug-likeness (QED) is 0.459. The molecule has 2 aromatic heterocycles. The van der Waals surface area contributed by atoms with E-state index in [9.17, 15) is 0 Å². The highest BCUT2D eigenvalue weighted by Crippen LogP contribution is 2.49. The number of benzene rings is 2. The molecule has 0 amide bonds. The molecule has 0 bridgehead atoms. The van der Waals surface area contributed by atoms with Crippen LogP contribution in [0.4, 0.5) is 0 Å². The first-order valence-corrected chi connectivity index (χ1v) is 9.96. The van der Waals surface area contributed by atoms with Gasteiger partial charge in [0.25, 0.3) is 12.0 Å². The predicted molar refractivity (Wildman–Crippen MR) is 110 cm³/mol. The van der Waals surface area contributed by atoms with E-state index in [0.717, 1.165) is 12.8 Å². The number of hydrogen-bond donors (Lipinski definition) is 0. The second-order valence-corrected chi connectivity index (χ2v) is 8.21. The van der Waals surface area contributed by atoms with Crippen LogP contribution >= 0.6 is 0 Å². The highest BCUT2D eigenvalue weighted by Gasteiger charge is 2.52. The molecule has 1 aliphatic heterocycles. The minimum absolute atomic E-state index is 0.000946. The van der Waals surface area contributed by atoms with Crippen LogP contribution in [-0.2, 0) is 11.0 Å². The van der Waals surface area contributed by atoms with Gasteiger partial charge in [-0.1, -0.05) is 67.8 Å². The molecular weight excluding hydrogens is 330 g/mol. The van der Waals surface area contributed by atoms with Gasteiger partial charge in [-0.05, 0) is 47.9 Å². The third-order valence-electron chi connectivity index (χ3n) is 7.38. The van der Waals surface area contributed by atoms with Crippen LogP contribution in [0.5, 0.6) is 0 Å². The Kier molecular flexibility index (Phi) is 3.31. The zero-order chi connectivity index (χ0) is 18.8. The SMILES string of the molecule is CCC1(C)c2ccc(-c3ccccc3)c3ccn4nc[n+](c4c23)C1(C)CC. The number of hydrogen-bond acceptors (Lipinski definition) is 1. The summed E-state index contributed by atoms with van der Waals surface area (Å²) < 4.78 is 4.48. The summed E-state index contributed by atoms with van der Waals surface area (Å²) in [6, 6.07) is 17.6. The normalized spacial score (nSPS) is 24.1. The average molecular weight is 356 g/mol. The summed E-state index contributed by atoms with van der Waals surface area (Å²) in [4.78, 5) is 0. The van der Waals surface area contributed by atoms with E-state index in [-0.39, 0.29) is 11.0 Å².